The molecule has 2 rings (SSSR count). The van der Waals surface area contributed by atoms with Gasteiger partial charge in [0.1, 0.15) is 4.99 Å². The first-order valence-electron chi connectivity index (χ1n) is 5.47. The van der Waals surface area contributed by atoms with Crippen LogP contribution in [0.3, 0.4) is 0 Å². The van der Waals surface area contributed by atoms with E-state index in [0.717, 1.165) is 21.4 Å². The van der Waals surface area contributed by atoms with Crippen LogP contribution in [0.15, 0.2) is 53.0 Å². The van der Waals surface area contributed by atoms with E-state index in [0.29, 0.717) is 4.99 Å². The first kappa shape index (κ1) is 13.1. The molecule has 18 heavy (non-hydrogen) atoms. The van der Waals surface area contributed by atoms with Gasteiger partial charge in [0, 0.05) is 22.8 Å². The molecule has 2 aromatic carbocycles. The van der Waals surface area contributed by atoms with Crippen LogP contribution in [0.25, 0.3) is 0 Å². The minimum atomic E-state index is 0.403. The molecular weight excluding hydrogens is 308 g/mol. The number of rotatable bonds is 3. The fourth-order valence-corrected chi connectivity index (χ4v) is 2.30. The molecule has 0 atom stereocenters. The smallest absolute Gasteiger partial charge is 0.106 e. The topological polar surface area (TPSA) is 29.3 Å². The van der Waals surface area contributed by atoms with E-state index < -0.39 is 0 Å². The van der Waals surface area contributed by atoms with Gasteiger partial charge in [-0.3, -0.25) is 0 Å². The van der Waals surface area contributed by atoms with E-state index in [-0.39, 0.29) is 0 Å². The summed E-state index contributed by atoms with van der Waals surface area (Å²) in [6.45, 7) is 0. The van der Waals surface area contributed by atoms with Crippen LogP contribution in [-0.4, -0.2) is 12.0 Å². The SMILES string of the molecule is CN(c1ccccc1)c1cc(Br)ccc1C(N)=S. The Bertz CT molecular complexity index is 569. The predicted molar refractivity (Wildman–Crippen MR) is 84.5 cm³/mol. The summed E-state index contributed by atoms with van der Waals surface area (Å²) in [4.78, 5) is 2.47. The van der Waals surface area contributed by atoms with Crippen molar-refractivity contribution in [2.45, 2.75) is 0 Å². The minimum Gasteiger partial charge on any atom is -0.389 e. The van der Waals surface area contributed by atoms with E-state index in [4.69, 9.17) is 18.0 Å². The molecule has 2 N–H and O–H groups in total. The number of thiocarbonyl (C=S) groups is 1. The average molecular weight is 321 g/mol. The van der Waals surface area contributed by atoms with E-state index in [2.05, 4.69) is 20.8 Å². The maximum Gasteiger partial charge on any atom is 0.106 e. The van der Waals surface area contributed by atoms with Crippen LogP contribution in [0.4, 0.5) is 11.4 Å². The zero-order valence-electron chi connectivity index (χ0n) is 9.93. The lowest BCUT2D eigenvalue weighted by atomic mass is 10.1. The quantitative estimate of drug-likeness (QED) is 0.871. The predicted octanol–water partition coefficient (Wildman–Crippen LogP) is 3.85. The van der Waals surface area contributed by atoms with E-state index in [1.165, 1.54) is 0 Å². The third-order valence-electron chi connectivity index (χ3n) is 2.73. The number of nitrogens with two attached hydrogens (primary N) is 1. The fraction of sp³-hybridized carbons (Fsp3) is 0.0714. The Morgan fingerprint density at radius 3 is 2.44 bits per heavy atom. The summed E-state index contributed by atoms with van der Waals surface area (Å²) in [5.74, 6) is 0. The van der Waals surface area contributed by atoms with Crippen molar-refractivity contribution < 1.29 is 0 Å². The van der Waals surface area contributed by atoms with E-state index in [1.54, 1.807) is 0 Å². The largest absolute Gasteiger partial charge is 0.389 e. The first-order valence-corrected chi connectivity index (χ1v) is 6.68. The van der Waals surface area contributed by atoms with Crippen molar-refractivity contribution >= 4 is 44.5 Å². The summed E-state index contributed by atoms with van der Waals surface area (Å²) < 4.78 is 1.00. The zero-order chi connectivity index (χ0) is 13.1. The molecule has 4 heteroatoms. The van der Waals surface area contributed by atoms with Crippen LogP contribution in [0.5, 0.6) is 0 Å². The summed E-state index contributed by atoms with van der Waals surface area (Å²) in [5, 5.41) is 0. The van der Waals surface area contributed by atoms with E-state index in [1.807, 2.05) is 55.6 Å². The van der Waals surface area contributed by atoms with Gasteiger partial charge in [0.2, 0.25) is 0 Å². The number of benzene rings is 2. The Kier molecular flexibility index (Phi) is 3.99. The number of para-hydroxylation sites is 1. The van der Waals surface area contributed by atoms with Crippen molar-refractivity contribution in [3.05, 3.63) is 58.6 Å². The van der Waals surface area contributed by atoms with Gasteiger partial charge < -0.3 is 10.6 Å². The van der Waals surface area contributed by atoms with Gasteiger partial charge in [-0.1, -0.05) is 46.3 Å². The van der Waals surface area contributed by atoms with Gasteiger partial charge in [-0.25, -0.2) is 0 Å². The number of nitrogens with zero attached hydrogens (tertiary/aromatic N) is 1. The van der Waals surface area contributed by atoms with Crippen LogP contribution in [-0.2, 0) is 0 Å². The van der Waals surface area contributed by atoms with E-state index >= 15 is 0 Å². The average Bonchev–Trinajstić information content (AvgIpc) is 2.38. The molecule has 2 nitrogen and oxygen atoms in total. The van der Waals surface area contributed by atoms with Crippen molar-refractivity contribution in [3.63, 3.8) is 0 Å². The van der Waals surface area contributed by atoms with Gasteiger partial charge in [-0.2, -0.15) is 0 Å². The van der Waals surface area contributed by atoms with Crippen LogP contribution in [0.1, 0.15) is 5.56 Å². The third kappa shape index (κ3) is 2.71. The Balaban J connectivity index is 2.50. The third-order valence-corrected chi connectivity index (χ3v) is 3.44. The van der Waals surface area contributed by atoms with Gasteiger partial charge in [-0.05, 0) is 30.3 Å². The highest BCUT2D eigenvalue weighted by atomic mass is 79.9. The number of hydrogen-bond acceptors (Lipinski definition) is 2. The highest BCUT2D eigenvalue weighted by Gasteiger charge is 2.11. The normalized spacial score (nSPS) is 10.1. The van der Waals surface area contributed by atoms with Gasteiger partial charge in [0.25, 0.3) is 0 Å². The molecule has 0 spiro atoms. The van der Waals surface area contributed by atoms with Crippen LogP contribution < -0.4 is 10.6 Å². The Morgan fingerprint density at radius 1 is 1.17 bits per heavy atom. The minimum absolute atomic E-state index is 0.403. The molecule has 92 valence electrons. The van der Waals surface area contributed by atoms with Crippen molar-refractivity contribution in [1.29, 1.82) is 0 Å². The molecule has 0 aliphatic carbocycles. The van der Waals surface area contributed by atoms with Crippen LogP contribution >= 0.6 is 28.1 Å². The standard InChI is InChI=1S/C14H13BrN2S/c1-17(11-5-3-2-4-6-11)13-9-10(15)7-8-12(13)14(16)18/h2-9H,1H3,(H2,16,18). The first-order chi connectivity index (χ1) is 8.59. The Hall–Kier alpha value is -1.39. The second kappa shape index (κ2) is 5.50. The molecule has 0 unspecified atom stereocenters. The second-order valence-corrected chi connectivity index (χ2v) is 5.28. The Morgan fingerprint density at radius 2 is 1.83 bits per heavy atom. The van der Waals surface area contributed by atoms with Crippen LogP contribution in [0, 0.1) is 0 Å². The molecule has 0 fully saturated rings. The molecule has 0 aliphatic heterocycles. The monoisotopic (exact) mass is 320 g/mol. The molecule has 0 saturated heterocycles. The number of hydrogen-bond donors (Lipinski definition) is 1. The number of anilines is 2. The highest BCUT2D eigenvalue weighted by molar-refractivity contribution is 9.10. The van der Waals surface area contributed by atoms with Crippen molar-refractivity contribution in [2.24, 2.45) is 5.73 Å². The van der Waals surface area contributed by atoms with Crippen LogP contribution in [0.2, 0.25) is 0 Å². The van der Waals surface area contributed by atoms with Crippen molar-refractivity contribution in [2.75, 3.05) is 11.9 Å². The van der Waals surface area contributed by atoms with Crippen molar-refractivity contribution in [3.8, 4) is 0 Å². The lowest BCUT2D eigenvalue weighted by molar-refractivity contribution is 1.20. The molecule has 0 aliphatic rings. The van der Waals surface area contributed by atoms with Gasteiger partial charge >= 0.3 is 0 Å². The summed E-state index contributed by atoms with van der Waals surface area (Å²) in [6, 6.07) is 16.0. The molecule has 2 aromatic rings. The van der Waals surface area contributed by atoms with E-state index in [9.17, 15) is 0 Å². The van der Waals surface area contributed by atoms with Gasteiger partial charge in [-0.15, -0.1) is 0 Å². The van der Waals surface area contributed by atoms with Crippen molar-refractivity contribution in [1.82, 2.24) is 0 Å². The molecule has 0 radical (unpaired) electrons. The maximum absolute atomic E-state index is 5.77. The fourth-order valence-electron chi connectivity index (χ4n) is 1.78. The molecule has 0 heterocycles. The van der Waals surface area contributed by atoms with Gasteiger partial charge in [0.05, 0.1) is 5.69 Å². The summed E-state index contributed by atoms with van der Waals surface area (Å²) in [5.41, 5.74) is 8.72. The lowest BCUT2D eigenvalue weighted by Crippen LogP contribution is -2.17. The number of halogens is 1. The van der Waals surface area contributed by atoms with Gasteiger partial charge in [0.15, 0.2) is 0 Å². The summed E-state index contributed by atoms with van der Waals surface area (Å²) in [6.07, 6.45) is 0. The maximum atomic E-state index is 5.77. The zero-order valence-corrected chi connectivity index (χ0v) is 12.3. The lowest BCUT2D eigenvalue weighted by Gasteiger charge is -2.22. The highest BCUT2D eigenvalue weighted by Crippen LogP contribution is 2.29. The molecule has 0 saturated carbocycles. The second-order valence-electron chi connectivity index (χ2n) is 3.92. The molecule has 0 aromatic heterocycles. The summed E-state index contributed by atoms with van der Waals surface area (Å²) in [7, 11) is 2.00. The Labute approximate surface area is 121 Å². The summed E-state index contributed by atoms with van der Waals surface area (Å²) >= 11 is 8.57. The molecule has 0 amide bonds. The molecular formula is C14H13BrN2S. The molecule has 0 bridgehead atoms.